The van der Waals surface area contributed by atoms with Crippen LogP contribution in [-0.2, 0) is 0 Å². The van der Waals surface area contributed by atoms with Crippen LogP contribution in [0.2, 0.25) is 0 Å². The number of nitrogens with zero attached hydrogens (tertiary/aromatic N) is 2. The van der Waals surface area contributed by atoms with Gasteiger partial charge in [-0.2, -0.15) is 5.11 Å². The van der Waals surface area contributed by atoms with Crippen LogP contribution in [0.25, 0.3) is 0 Å². The summed E-state index contributed by atoms with van der Waals surface area (Å²) in [5.74, 6) is 0. The zero-order chi connectivity index (χ0) is 11.4. The maximum atomic E-state index is 4.20. The molecule has 0 amide bonds. The van der Waals surface area contributed by atoms with Crippen molar-refractivity contribution in [1.82, 2.24) is 0 Å². The van der Waals surface area contributed by atoms with E-state index in [0.717, 1.165) is 15.8 Å². The molecule has 0 aliphatic heterocycles. The molecule has 0 heterocycles. The molecule has 2 rings (SSSR count). The highest BCUT2D eigenvalue weighted by atomic mass is 79.9. The van der Waals surface area contributed by atoms with Crippen LogP contribution in [0.15, 0.2) is 63.2 Å². The standard InChI is InChI=1S/C13H11BrN2/c1-10-5-4-6-11(9-10)15-16-13-8-3-2-7-12(13)14/h2-9H,1H3. The Hall–Kier alpha value is -1.48. The number of halogens is 1. The minimum absolute atomic E-state index is 0.837. The third-order valence-corrected chi connectivity index (χ3v) is 2.80. The molecule has 2 aromatic rings. The normalized spacial score (nSPS) is 10.9. The molecule has 2 nitrogen and oxygen atoms in total. The van der Waals surface area contributed by atoms with Crippen molar-refractivity contribution >= 4 is 27.3 Å². The van der Waals surface area contributed by atoms with Crippen LogP contribution < -0.4 is 0 Å². The molecule has 0 N–H and O–H groups in total. The maximum Gasteiger partial charge on any atom is 0.0998 e. The molecule has 2 aromatic carbocycles. The Morgan fingerprint density at radius 3 is 2.50 bits per heavy atom. The molecule has 0 aliphatic carbocycles. The Balaban J connectivity index is 2.25. The number of aryl methyl sites for hydroxylation is 1. The molecule has 0 spiro atoms. The molecule has 0 atom stereocenters. The summed E-state index contributed by atoms with van der Waals surface area (Å²) in [6, 6.07) is 15.7. The summed E-state index contributed by atoms with van der Waals surface area (Å²) < 4.78 is 0.950. The quantitative estimate of drug-likeness (QED) is 0.675. The Labute approximate surface area is 103 Å². The lowest BCUT2D eigenvalue weighted by Gasteiger charge is -1.96. The van der Waals surface area contributed by atoms with E-state index in [9.17, 15) is 0 Å². The van der Waals surface area contributed by atoms with Crippen LogP contribution in [0.3, 0.4) is 0 Å². The minimum atomic E-state index is 0.837. The van der Waals surface area contributed by atoms with Gasteiger partial charge in [-0.3, -0.25) is 0 Å². The summed E-state index contributed by atoms with van der Waals surface area (Å²) >= 11 is 3.43. The second-order valence-electron chi connectivity index (χ2n) is 3.49. The molecule has 0 bridgehead atoms. The van der Waals surface area contributed by atoms with Crippen molar-refractivity contribution in [1.29, 1.82) is 0 Å². The van der Waals surface area contributed by atoms with Crippen molar-refractivity contribution in [3.8, 4) is 0 Å². The molecule has 0 aliphatic rings. The van der Waals surface area contributed by atoms with Crippen LogP contribution in [0.1, 0.15) is 5.56 Å². The van der Waals surface area contributed by atoms with E-state index in [1.165, 1.54) is 5.56 Å². The summed E-state index contributed by atoms with van der Waals surface area (Å²) in [6.07, 6.45) is 0. The van der Waals surface area contributed by atoms with Gasteiger partial charge in [0.2, 0.25) is 0 Å². The molecule has 0 unspecified atom stereocenters. The van der Waals surface area contributed by atoms with Gasteiger partial charge in [0, 0.05) is 4.47 Å². The molecule has 0 fully saturated rings. The first kappa shape index (κ1) is 11.0. The first-order valence-electron chi connectivity index (χ1n) is 4.98. The third kappa shape index (κ3) is 2.76. The lowest BCUT2D eigenvalue weighted by Crippen LogP contribution is -1.69. The molecule has 3 heteroatoms. The summed E-state index contributed by atoms with van der Waals surface area (Å²) in [7, 11) is 0. The van der Waals surface area contributed by atoms with E-state index in [2.05, 4.69) is 26.2 Å². The topological polar surface area (TPSA) is 24.7 Å². The predicted molar refractivity (Wildman–Crippen MR) is 69.5 cm³/mol. The molecular formula is C13H11BrN2. The van der Waals surface area contributed by atoms with Gasteiger partial charge in [-0.15, -0.1) is 5.11 Å². The zero-order valence-corrected chi connectivity index (χ0v) is 10.5. The minimum Gasteiger partial charge on any atom is -0.151 e. The van der Waals surface area contributed by atoms with Gasteiger partial charge in [0.05, 0.1) is 11.4 Å². The number of azo groups is 1. The molecule has 0 saturated heterocycles. The van der Waals surface area contributed by atoms with E-state index in [1.54, 1.807) is 0 Å². The highest BCUT2D eigenvalue weighted by Gasteiger charge is 1.95. The fraction of sp³-hybridized carbons (Fsp3) is 0.0769. The van der Waals surface area contributed by atoms with Gasteiger partial charge in [0.15, 0.2) is 0 Å². The van der Waals surface area contributed by atoms with Crippen LogP contribution in [0.4, 0.5) is 11.4 Å². The lowest BCUT2D eigenvalue weighted by atomic mass is 10.2. The first-order valence-corrected chi connectivity index (χ1v) is 5.78. The molecule has 0 saturated carbocycles. The smallest absolute Gasteiger partial charge is 0.0998 e. The van der Waals surface area contributed by atoms with Crippen LogP contribution in [-0.4, -0.2) is 0 Å². The maximum absolute atomic E-state index is 4.20. The van der Waals surface area contributed by atoms with Crippen molar-refractivity contribution < 1.29 is 0 Å². The molecular weight excluding hydrogens is 264 g/mol. The van der Waals surface area contributed by atoms with Crippen molar-refractivity contribution in [2.24, 2.45) is 10.2 Å². The Morgan fingerprint density at radius 2 is 1.75 bits per heavy atom. The van der Waals surface area contributed by atoms with Gasteiger partial charge < -0.3 is 0 Å². The first-order chi connectivity index (χ1) is 7.75. The third-order valence-electron chi connectivity index (χ3n) is 2.13. The lowest BCUT2D eigenvalue weighted by molar-refractivity contribution is 1.22. The summed E-state index contributed by atoms with van der Waals surface area (Å²) in [5, 5.41) is 8.39. The Morgan fingerprint density at radius 1 is 0.938 bits per heavy atom. The zero-order valence-electron chi connectivity index (χ0n) is 8.89. The Bertz CT molecular complexity index is 521. The Kier molecular flexibility index (Phi) is 3.47. The second-order valence-corrected chi connectivity index (χ2v) is 4.34. The highest BCUT2D eigenvalue weighted by Crippen LogP contribution is 2.26. The predicted octanol–water partition coefficient (Wildman–Crippen LogP) is 5.17. The summed E-state index contributed by atoms with van der Waals surface area (Å²) in [6.45, 7) is 2.04. The van der Waals surface area contributed by atoms with Crippen LogP contribution in [0.5, 0.6) is 0 Å². The van der Waals surface area contributed by atoms with Gasteiger partial charge in [-0.1, -0.05) is 24.3 Å². The van der Waals surface area contributed by atoms with Crippen molar-refractivity contribution in [2.75, 3.05) is 0 Å². The van der Waals surface area contributed by atoms with Crippen LogP contribution in [0, 0.1) is 6.92 Å². The fourth-order valence-electron chi connectivity index (χ4n) is 1.33. The van der Waals surface area contributed by atoms with Crippen molar-refractivity contribution in [3.05, 3.63) is 58.6 Å². The van der Waals surface area contributed by atoms with Gasteiger partial charge in [-0.05, 0) is 52.7 Å². The van der Waals surface area contributed by atoms with Gasteiger partial charge in [0.1, 0.15) is 0 Å². The van der Waals surface area contributed by atoms with Crippen molar-refractivity contribution in [3.63, 3.8) is 0 Å². The average molecular weight is 275 g/mol. The van der Waals surface area contributed by atoms with E-state index in [1.807, 2.05) is 55.5 Å². The molecule has 0 aromatic heterocycles. The van der Waals surface area contributed by atoms with Gasteiger partial charge in [0.25, 0.3) is 0 Å². The number of hydrogen-bond acceptors (Lipinski definition) is 2. The van der Waals surface area contributed by atoms with E-state index in [-0.39, 0.29) is 0 Å². The summed E-state index contributed by atoms with van der Waals surface area (Å²) in [5.41, 5.74) is 2.89. The highest BCUT2D eigenvalue weighted by molar-refractivity contribution is 9.10. The summed E-state index contributed by atoms with van der Waals surface area (Å²) in [4.78, 5) is 0. The van der Waals surface area contributed by atoms with Gasteiger partial charge >= 0.3 is 0 Å². The molecule has 0 radical (unpaired) electrons. The number of hydrogen-bond donors (Lipinski definition) is 0. The number of rotatable bonds is 2. The van der Waals surface area contributed by atoms with E-state index < -0.39 is 0 Å². The largest absolute Gasteiger partial charge is 0.151 e. The van der Waals surface area contributed by atoms with Crippen molar-refractivity contribution in [2.45, 2.75) is 6.92 Å². The van der Waals surface area contributed by atoms with E-state index in [4.69, 9.17) is 0 Å². The van der Waals surface area contributed by atoms with E-state index >= 15 is 0 Å². The number of benzene rings is 2. The second kappa shape index (κ2) is 5.03. The molecule has 80 valence electrons. The fourth-order valence-corrected chi connectivity index (χ4v) is 1.70. The van der Waals surface area contributed by atoms with E-state index in [0.29, 0.717) is 0 Å². The molecule has 16 heavy (non-hydrogen) atoms. The average Bonchev–Trinajstić information content (AvgIpc) is 2.28. The monoisotopic (exact) mass is 274 g/mol. The van der Waals surface area contributed by atoms with Gasteiger partial charge in [-0.25, -0.2) is 0 Å². The van der Waals surface area contributed by atoms with Crippen LogP contribution >= 0.6 is 15.9 Å². The SMILES string of the molecule is Cc1cccc(N=Nc2ccccc2Br)c1.